The molecule has 0 N–H and O–H groups in total. The van der Waals surface area contributed by atoms with Gasteiger partial charge < -0.3 is 4.74 Å². The molecule has 1 aromatic carbocycles. The van der Waals surface area contributed by atoms with Gasteiger partial charge in [-0.05, 0) is 12.0 Å². The van der Waals surface area contributed by atoms with Crippen molar-refractivity contribution >= 4 is 11.7 Å². The number of rotatable bonds is 4. The Balaban J connectivity index is 2.21. The van der Waals surface area contributed by atoms with Crippen LogP contribution in [0.25, 0.3) is 0 Å². The summed E-state index contributed by atoms with van der Waals surface area (Å²) in [6.45, 7) is 2.04. The standard InChI is InChI=1S/C13H15NO2/c1-3-9-13(12(15)16-2)11(14-13)10-7-5-4-6-8-10/h4-8H,3,9H2,1-2H3. The zero-order valence-electron chi connectivity index (χ0n) is 9.56. The first-order valence-corrected chi connectivity index (χ1v) is 5.49. The van der Waals surface area contributed by atoms with Crippen LogP contribution < -0.4 is 0 Å². The van der Waals surface area contributed by atoms with Crippen molar-refractivity contribution in [3.05, 3.63) is 35.9 Å². The minimum Gasteiger partial charge on any atom is -0.467 e. The molecule has 3 heteroatoms. The van der Waals surface area contributed by atoms with Crippen molar-refractivity contribution in [3.63, 3.8) is 0 Å². The number of carbonyl (C=O) groups is 1. The van der Waals surface area contributed by atoms with Crippen molar-refractivity contribution < 1.29 is 9.53 Å². The summed E-state index contributed by atoms with van der Waals surface area (Å²) in [5.74, 6) is -0.242. The number of nitrogens with zero attached hydrogens (tertiary/aromatic N) is 1. The Bertz CT molecular complexity index is 425. The fourth-order valence-electron chi connectivity index (χ4n) is 2.01. The highest BCUT2D eigenvalue weighted by atomic mass is 16.5. The Morgan fingerprint density at radius 1 is 1.38 bits per heavy atom. The summed E-state index contributed by atoms with van der Waals surface area (Å²) in [6, 6.07) is 9.79. The highest BCUT2D eigenvalue weighted by molar-refractivity contribution is 6.28. The van der Waals surface area contributed by atoms with E-state index in [1.54, 1.807) is 0 Å². The minimum absolute atomic E-state index is 0.242. The van der Waals surface area contributed by atoms with E-state index in [9.17, 15) is 4.79 Å². The second kappa shape index (κ2) is 4.08. The highest BCUT2D eigenvalue weighted by Gasteiger charge is 2.54. The molecule has 1 heterocycles. The van der Waals surface area contributed by atoms with Crippen molar-refractivity contribution in [1.82, 2.24) is 0 Å². The third kappa shape index (κ3) is 1.62. The van der Waals surface area contributed by atoms with Gasteiger partial charge in [0.1, 0.15) is 0 Å². The third-order valence-electron chi connectivity index (χ3n) is 2.83. The average molecular weight is 217 g/mol. The molecule has 2 rings (SSSR count). The Labute approximate surface area is 95.2 Å². The Kier molecular flexibility index (Phi) is 2.77. The van der Waals surface area contributed by atoms with Gasteiger partial charge in [-0.3, -0.25) is 4.99 Å². The van der Waals surface area contributed by atoms with Crippen LogP contribution >= 0.6 is 0 Å². The molecule has 0 radical (unpaired) electrons. The number of ether oxygens (including phenoxy) is 1. The van der Waals surface area contributed by atoms with Crippen LogP contribution in [0.5, 0.6) is 0 Å². The summed E-state index contributed by atoms with van der Waals surface area (Å²) in [5, 5.41) is 0. The summed E-state index contributed by atoms with van der Waals surface area (Å²) < 4.78 is 4.83. The van der Waals surface area contributed by atoms with Gasteiger partial charge in [0.2, 0.25) is 0 Å². The van der Waals surface area contributed by atoms with Crippen LogP contribution in [0.4, 0.5) is 0 Å². The molecule has 0 spiro atoms. The molecule has 0 saturated heterocycles. The Morgan fingerprint density at radius 3 is 2.62 bits per heavy atom. The van der Waals surface area contributed by atoms with E-state index in [1.165, 1.54) is 7.11 Å². The van der Waals surface area contributed by atoms with Crippen LogP contribution in [0.1, 0.15) is 25.3 Å². The van der Waals surface area contributed by atoms with E-state index in [2.05, 4.69) is 4.99 Å². The van der Waals surface area contributed by atoms with E-state index in [0.717, 1.165) is 24.1 Å². The number of methoxy groups -OCH3 is 1. The maximum Gasteiger partial charge on any atom is 0.340 e. The lowest BCUT2D eigenvalue weighted by molar-refractivity contribution is -0.143. The van der Waals surface area contributed by atoms with E-state index in [1.807, 2.05) is 37.3 Å². The lowest BCUT2D eigenvalue weighted by Crippen LogP contribution is -2.31. The van der Waals surface area contributed by atoms with Gasteiger partial charge in [0.15, 0.2) is 5.54 Å². The molecule has 84 valence electrons. The zero-order valence-corrected chi connectivity index (χ0v) is 9.56. The SMILES string of the molecule is CCCC1(C(=O)OC)N=C1c1ccccc1. The molecule has 0 saturated carbocycles. The predicted octanol–water partition coefficient (Wildman–Crippen LogP) is 2.20. The van der Waals surface area contributed by atoms with Crippen LogP contribution in [0.15, 0.2) is 35.3 Å². The fourth-order valence-corrected chi connectivity index (χ4v) is 2.01. The number of esters is 1. The zero-order chi connectivity index (χ0) is 11.6. The maximum absolute atomic E-state index is 11.7. The lowest BCUT2D eigenvalue weighted by Gasteiger charge is -2.11. The molecule has 16 heavy (non-hydrogen) atoms. The first kappa shape index (κ1) is 10.9. The van der Waals surface area contributed by atoms with E-state index < -0.39 is 5.54 Å². The van der Waals surface area contributed by atoms with Gasteiger partial charge in [-0.1, -0.05) is 43.7 Å². The van der Waals surface area contributed by atoms with Crippen LogP contribution in [0, 0.1) is 0 Å². The molecule has 0 amide bonds. The summed E-state index contributed by atoms with van der Waals surface area (Å²) in [6.07, 6.45) is 1.64. The van der Waals surface area contributed by atoms with Gasteiger partial charge >= 0.3 is 5.97 Å². The largest absolute Gasteiger partial charge is 0.467 e. The number of benzene rings is 1. The second-order valence-corrected chi connectivity index (χ2v) is 3.93. The summed E-state index contributed by atoms with van der Waals surface area (Å²) in [7, 11) is 1.41. The predicted molar refractivity (Wildman–Crippen MR) is 62.6 cm³/mol. The number of carbonyl (C=O) groups excluding carboxylic acids is 1. The van der Waals surface area contributed by atoms with Crippen LogP contribution in [0.3, 0.4) is 0 Å². The molecule has 1 aromatic rings. The molecule has 0 fully saturated rings. The highest BCUT2D eigenvalue weighted by Crippen LogP contribution is 2.38. The van der Waals surface area contributed by atoms with E-state index in [4.69, 9.17) is 4.74 Å². The number of hydrogen-bond donors (Lipinski definition) is 0. The van der Waals surface area contributed by atoms with Crippen molar-refractivity contribution in [1.29, 1.82) is 0 Å². The number of hydrogen-bond acceptors (Lipinski definition) is 3. The summed E-state index contributed by atoms with van der Waals surface area (Å²) in [4.78, 5) is 16.1. The quantitative estimate of drug-likeness (QED) is 0.725. The van der Waals surface area contributed by atoms with Crippen molar-refractivity contribution in [2.75, 3.05) is 7.11 Å². The van der Waals surface area contributed by atoms with E-state index >= 15 is 0 Å². The van der Waals surface area contributed by atoms with Gasteiger partial charge in [-0.15, -0.1) is 0 Å². The smallest absolute Gasteiger partial charge is 0.340 e. The van der Waals surface area contributed by atoms with Crippen molar-refractivity contribution in [2.24, 2.45) is 4.99 Å². The fraction of sp³-hybridized carbons (Fsp3) is 0.385. The molecule has 1 aliphatic heterocycles. The second-order valence-electron chi connectivity index (χ2n) is 3.93. The Morgan fingerprint density at radius 2 is 2.06 bits per heavy atom. The monoisotopic (exact) mass is 217 g/mol. The third-order valence-corrected chi connectivity index (χ3v) is 2.83. The molecule has 1 unspecified atom stereocenters. The molecule has 0 bridgehead atoms. The number of aliphatic imine (C=N–C) groups is 1. The lowest BCUT2D eigenvalue weighted by atomic mass is 9.94. The summed E-state index contributed by atoms with van der Waals surface area (Å²) in [5.41, 5.74) is 1.19. The van der Waals surface area contributed by atoms with Gasteiger partial charge in [-0.2, -0.15) is 0 Å². The normalized spacial score (nSPS) is 22.5. The first-order valence-electron chi connectivity index (χ1n) is 5.49. The molecule has 3 nitrogen and oxygen atoms in total. The Hall–Kier alpha value is -1.64. The molecule has 1 atom stereocenters. The van der Waals surface area contributed by atoms with Crippen molar-refractivity contribution in [2.45, 2.75) is 25.3 Å². The average Bonchev–Trinajstić information content (AvgIpc) is 3.05. The van der Waals surface area contributed by atoms with E-state index in [-0.39, 0.29) is 5.97 Å². The van der Waals surface area contributed by atoms with Gasteiger partial charge in [0, 0.05) is 0 Å². The van der Waals surface area contributed by atoms with Gasteiger partial charge in [0.25, 0.3) is 0 Å². The molecule has 1 aliphatic rings. The minimum atomic E-state index is -0.690. The van der Waals surface area contributed by atoms with Crippen LogP contribution in [0.2, 0.25) is 0 Å². The maximum atomic E-state index is 11.7. The van der Waals surface area contributed by atoms with E-state index in [0.29, 0.717) is 0 Å². The van der Waals surface area contributed by atoms with Crippen LogP contribution in [-0.4, -0.2) is 24.3 Å². The topological polar surface area (TPSA) is 38.7 Å². The molecule has 0 aliphatic carbocycles. The van der Waals surface area contributed by atoms with Crippen molar-refractivity contribution in [3.8, 4) is 0 Å². The first-order chi connectivity index (χ1) is 7.74. The van der Waals surface area contributed by atoms with Gasteiger partial charge in [-0.25, -0.2) is 4.79 Å². The van der Waals surface area contributed by atoms with Gasteiger partial charge in [0.05, 0.1) is 12.8 Å². The molecule has 0 aromatic heterocycles. The summed E-state index contributed by atoms with van der Waals surface area (Å²) >= 11 is 0. The van der Waals surface area contributed by atoms with Crippen LogP contribution in [-0.2, 0) is 9.53 Å². The molecular formula is C13H15NO2. The molecular weight excluding hydrogens is 202 g/mol.